The second-order valence-electron chi connectivity index (χ2n) is 4.57. The smallest absolute Gasteiger partial charge is 0.251 e. The summed E-state index contributed by atoms with van der Waals surface area (Å²) in [6.45, 7) is 3.86. The van der Waals surface area contributed by atoms with E-state index in [0.717, 1.165) is 9.88 Å². The highest BCUT2D eigenvalue weighted by Crippen LogP contribution is 2.19. The van der Waals surface area contributed by atoms with Gasteiger partial charge in [-0.15, -0.1) is 11.3 Å². The number of amides is 1. The van der Waals surface area contributed by atoms with Crippen molar-refractivity contribution in [1.29, 1.82) is 0 Å². The highest BCUT2D eigenvalue weighted by molar-refractivity contribution is 7.11. The molecule has 0 radical (unpaired) electrons. The average Bonchev–Trinajstić information content (AvgIpc) is 2.93. The van der Waals surface area contributed by atoms with E-state index in [0.29, 0.717) is 11.1 Å². The summed E-state index contributed by atoms with van der Waals surface area (Å²) in [6, 6.07) is 6.36. The Morgan fingerprint density at radius 2 is 2.00 bits per heavy atom. The zero-order chi connectivity index (χ0) is 15.4. The third kappa shape index (κ3) is 3.57. The molecule has 2 rings (SSSR count). The molecular formula is C14H16N4O2S. The van der Waals surface area contributed by atoms with Gasteiger partial charge in [0, 0.05) is 22.2 Å². The molecule has 1 atom stereocenters. The first-order valence-electron chi connectivity index (χ1n) is 6.32. The Hall–Kier alpha value is -2.41. The van der Waals surface area contributed by atoms with Crippen LogP contribution in [0.1, 0.15) is 38.8 Å². The molecule has 1 amide bonds. The summed E-state index contributed by atoms with van der Waals surface area (Å²) in [5.74, 6) is -0.185. The number of nitrogens with zero attached hydrogens (tertiary/aromatic N) is 2. The van der Waals surface area contributed by atoms with E-state index in [4.69, 9.17) is 10.9 Å². The first kappa shape index (κ1) is 15.0. The molecule has 0 aliphatic carbocycles. The van der Waals surface area contributed by atoms with Crippen molar-refractivity contribution in [3.05, 3.63) is 51.5 Å². The molecule has 0 saturated carbocycles. The summed E-state index contributed by atoms with van der Waals surface area (Å²) in [4.78, 5) is 17.5. The molecular weight excluding hydrogens is 288 g/mol. The van der Waals surface area contributed by atoms with Crippen molar-refractivity contribution in [3.63, 3.8) is 0 Å². The van der Waals surface area contributed by atoms with E-state index >= 15 is 0 Å². The Morgan fingerprint density at radius 1 is 1.38 bits per heavy atom. The molecule has 1 aromatic carbocycles. The van der Waals surface area contributed by atoms with Gasteiger partial charge in [0.05, 0.1) is 6.04 Å². The summed E-state index contributed by atoms with van der Waals surface area (Å²) >= 11 is 1.56. The van der Waals surface area contributed by atoms with Gasteiger partial charge in [-0.05, 0) is 26.0 Å². The number of aromatic nitrogens is 1. The number of hydrogen-bond donors (Lipinski definition) is 3. The molecule has 6 nitrogen and oxygen atoms in total. The summed E-state index contributed by atoms with van der Waals surface area (Å²) in [5.41, 5.74) is 6.53. The number of carbonyl (C=O) groups excluding carboxylic acids is 1. The number of nitrogens with two attached hydrogens (primary N) is 1. The van der Waals surface area contributed by atoms with E-state index in [2.05, 4.69) is 15.5 Å². The lowest BCUT2D eigenvalue weighted by Gasteiger charge is -2.11. The summed E-state index contributed by atoms with van der Waals surface area (Å²) in [7, 11) is 0. The maximum absolute atomic E-state index is 12.1. The number of thiazole rings is 1. The Kier molecular flexibility index (Phi) is 4.54. The Labute approximate surface area is 126 Å². The van der Waals surface area contributed by atoms with Gasteiger partial charge in [0.25, 0.3) is 5.91 Å². The Bertz CT molecular complexity index is 664. The fraction of sp³-hybridized carbons (Fsp3) is 0.214. The van der Waals surface area contributed by atoms with Crippen LogP contribution in [0.5, 0.6) is 0 Å². The van der Waals surface area contributed by atoms with Gasteiger partial charge in [0.15, 0.2) is 5.84 Å². The van der Waals surface area contributed by atoms with E-state index in [1.807, 2.05) is 13.8 Å². The normalized spacial score (nSPS) is 13.0. The fourth-order valence-electron chi connectivity index (χ4n) is 1.76. The van der Waals surface area contributed by atoms with Crippen LogP contribution in [0.4, 0.5) is 0 Å². The Balaban J connectivity index is 2.06. The van der Waals surface area contributed by atoms with Crippen molar-refractivity contribution in [2.45, 2.75) is 19.9 Å². The van der Waals surface area contributed by atoms with Crippen LogP contribution in [-0.4, -0.2) is 21.9 Å². The van der Waals surface area contributed by atoms with Gasteiger partial charge in [-0.2, -0.15) is 0 Å². The first-order chi connectivity index (χ1) is 10.0. The predicted octanol–water partition coefficient (Wildman–Crippen LogP) is 2.04. The number of amidine groups is 1. The average molecular weight is 304 g/mol. The lowest BCUT2D eigenvalue weighted by molar-refractivity contribution is 0.0940. The minimum atomic E-state index is -0.193. The largest absolute Gasteiger partial charge is 0.409 e. The van der Waals surface area contributed by atoms with Gasteiger partial charge >= 0.3 is 0 Å². The van der Waals surface area contributed by atoms with Crippen molar-refractivity contribution in [1.82, 2.24) is 10.3 Å². The third-order valence-electron chi connectivity index (χ3n) is 2.91. The van der Waals surface area contributed by atoms with Crippen LogP contribution in [-0.2, 0) is 0 Å². The van der Waals surface area contributed by atoms with E-state index in [-0.39, 0.29) is 17.8 Å². The number of aryl methyl sites for hydroxylation is 1. The van der Waals surface area contributed by atoms with Crippen LogP contribution >= 0.6 is 11.3 Å². The molecule has 110 valence electrons. The molecule has 1 heterocycles. The van der Waals surface area contributed by atoms with Crippen molar-refractivity contribution >= 4 is 23.1 Å². The maximum atomic E-state index is 12.1. The molecule has 0 aliphatic heterocycles. The lowest BCUT2D eigenvalue weighted by atomic mass is 10.1. The number of hydrogen-bond acceptors (Lipinski definition) is 5. The van der Waals surface area contributed by atoms with Gasteiger partial charge in [0.2, 0.25) is 0 Å². The molecule has 0 aliphatic rings. The second kappa shape index (κ2) is 6.36. The SMILES string of the molecule is Cc1cnc(C(C)NC(=O)c2ccc(/C(N)=N/O)cc2)s1. The topological polar surface area (TPSA) is 101 Å². The molecule has 0 fully saturated rings. The highest BCUT2D eigenvalue weighted by Gasteiger charge is 2.14. The molecule has 0 bridgehead atoms. The van der Waals surface area contributed by atoms with E-state index in [9.17, 15) is 4.79 Å². The van der Waals surface area contributed by atoms with E-state index in [1.54, 1.807) is 41.8 Å². The van der Waals surface area contributed by atoms with Crippen LogP contribution in [0, 0.1) is 6.92 Å². The highest BCUT2D eigenvalue weighted by atomic mass is 32.1. The van der Waals surface area contributed by atoms with Crippen molar-refractivity contribution in [2.24, 2.45) is 10.9 Å². The van der Waals surface area contributed by atoms with Crippen LogP contribution in [0.25, 0.3) is 0 Å². The lowest BCUT2D eigenvalue weighted by Crippen LogP contribution is -2.26. The monoisotopic (exact) mass is 304 g/mol. The molecule has 0 spiro atoms. The molecule has 7 heteroatoms. The maximum Gasteiger partial charge on any atom is 0.251 e. The zero-order valence-corrected chi connectivity index (χ0v) is 12.5. The van der Waals surface area contributed by atoms with Crippen molar-refractivity contribution in [3.8, 4) is 0 Å². The molecule has 2 aromatic rings. The van der Waals surface area contributed by atoms with Crippen molar-refractivity contribution < 1.29 is 10.0 Å². The van der Waals surface area contributed by atoms with Crippen LogP contribution in [0.15, 0.2) is 35.6 Å². The number of benzene rings is 1. The van der Waals surface area contributed by atoms with Gasteiger partial charge in [0.1, 0.15) is 5.01 Å². The standard InChI is InChI=1S/C14H16N4O2S/c1-8-7-16-14(21-8)9(2)17-13(19)11-5-3-10(4-6-11)12(15)18-20/h3-7,9,20H,1-2H3,(H2,15,18)(H,17,19). The molecule has 0 saturated heterocycles. The predicted molar refractivity (Wildman–Crippen MR) is 81.7 cm³/mol. The minimum Gasteiger partial charge on any atom is -0.409 e. The molecule has 4 N–H and O–H groups in total. The number of carbonyl (C=O) groups is 1. The second-order valence-corrected chi connectivity index (χ2v) is 5.83. The zero-order valence-electron chi connectivity index (χ0n) is 11.7. The van der Waals surface area contributed by atoms with Gasteiger partial charge in [-0.1, -0.05) is 17.3 Å². The van der Waals surface area contributed by atoms with Gasteiger partial charge in [-0.3, -0.25) is 4.79 Å². The number of nitrogens with one attached hydrogen (secondary N) is 1. The van der Waals surface area contributed by atoms with Crippen molar-refractivity contribution in [2.75, 3.05) is 0 Å². The summed E-state index contributed by atoms with van der Waals surface area (Å²) in [5, 5.41) is 15.3. The third-order valence-corrected chi connectivity index (χ3v) is 4.00. The van der Waals surface area contributed by atoms with Crippen LogP contribution in [0.3, 0.4) is 0 Å². The quantitative estimate of drug-likeness (QED) is 0.348. The fourth-order valence-corrected chi connectivity index (χ4v) is 2.54. The minimum absolute atomic E-state index is 0.00795. The number of rotatable bonds is 4. The molecule has 1 aromatic heterocycles. The van der Waals surface area contributed by atoms with Crippen LogP contribution < -0.4 is 11.1 Å². The van der Waals surface area contributed by atoms with E-state index < -0.39 is 0 Å². The van der Waals surface area contributed by atoms with Gasteiger partial charge in [-0.25, -0.2) is 4.98 Å². The van der Waals surface area contributed by atoms with Gasteiger partial charge < -0.3 is 16.3 Å². The Morgan fingerprint density at radius 3 is 2.52 bits per heavy atom. The molecule has 1 unspecified atom stereocenters. The van der Waals surface area contributed by atoms with E-state index in [1.165, 1.54) is 0 Å². The first-order valence-corrected chi connectivity index (χ1v) is 7.14. The number of oxime groups is 1. The summed E-state index contributed by atoms with van der Waals surface area (Å²) < 4.78 is 0. The summed E-state index contributed by atoms with van der Waals surface area (Å²) in [6.07, 6.45) is 1.79. The van der Waals surface area contributed by atoms with Crippen LogP contribution in [0.2, 0.25) is 0 Å². The molecule has 21 heavy (non-hydrogen) atoms.